The largest absolute Gasteiger partial charge is 0.394 e. The predicted octanol–water partition coefficient (Wildman–Crippen LogP) is 1.09. The number of benzene rings is 1. The first-order valence-electron chi connectivity index (χ1n) is 6.21. The molecule has 4 nitrogen and oxygen atoms in total. The molecule has 0 bridgehead atoms. The van der Waals surface area contributed by atoms with Crippen molar-refractivity contribution in [1.29, 1.82) is 0 Å². The van der Waals surface area contributed by atoms with Gasteiger partial charge in [0.05, 0.1) is 24.2 Å². The van der Waals surface area contributed by atoms with E-state index in [9.17, 15) is 9.00 Å². The minimum Gasteiger partial charge on any atom is -0.394 e. The molecule has 0 saturated heterocycles. The zero-order valence-corrected chi connectivity index (χ0v) is 12.0. The van der Waals surface area contributed by atoms with E-state index in [4.69, 9.17) is 10.2 Å². The van der Waals surface area contributed by atoms with Crippen LogP contribution in [0.3, 0.4) is 0 Å². The third-order valence-corrected chi connectivity index (χ3v) is 4.12. The molecular weight excluding hydrogens is 264 g/mol. The fraction of sp³-hybridized carbons (Fsp3) is 0.500. The summed E-state index contributed by atoms with van der Waals surface area (Å²) in [5, 5.41) is 17.8. The van der Waals surface area contributed by atoms with Crippen LogP contribution in [0.2, 0.25) is 0 Å². The smallest absolute Gasteiger partial charge is 0.175 e. The molecule has 0 amide bonds. The van der Waals surface area contributed by atoms with Gasteiger partial charge in [-0.3, -0.25) is 9.00 Å². The number of Topliss-reactive ketones (excluding diaryl/α,β-unsaturated/α-hetero) is 1. The lowest BCUT2D eigenvalue weighted by molar-refractivity contribution is 0.101. The summed E-state index contributed by atoms with van der Waals surface area (Å²) in [7, 11) is -1.45. The van der Waals surface area contributed by atoms with Crippen LogP contribution in [0.1, 0.15) is 35.7 Å². The number of carbonyl (C=O) groups is 1. The van der Waals surface area contributed by atoms with Crippen LogP contribution in [0.25, 0.3) is 0 Å². The quantitative estimate of drug-likeness (QED) is 0.735. The molecule has 0 aliphatic rings. The Kier molecular flexibility index (Phi) is 6.34. The minimum absolute atomic E-state index is 0.0771. The molecule has 5 heteroatoms. The topological polar surface area (TPSA) is 74.6 Å². The third kappa shape index (κ3) is 5.22. The highest BCUT2D eigenvalue weighted by molar-refractivity contribution is 7.85. The molecule has 0 heterocycles. The van der Waals surface area contributed by atoms with E-state index < -0.39 is 23.5 Å². The first kappa shape index (κ1) is 16.0. The Bertz CT molecular complexity index is 439. The highest BCUT2D eigenvalue weighted by Crippen LogP contribution is 2.15. The van der Waals surface area contributed by atoms with Crippen molar-refractivity contribution in [3.63, 3.8) is 0 Å². The van der Waals surface area contributed by atoms with Crippen LogP contribution in [0.15, 0.2) is 24.3 Å². The average molecular weight is 284 g/mol. The highest BCUT2D eigenvalue weighted by atomic mass is 32.2. The van der Waals surface area contributed by atoms with Crippen molar-refractivity contribution in [1.82, 2.24) is 0 Å². The molecular formula is C14H20O4S. The fourth-order valence-corrected chi connectivity index (χ4v) is 2.72. The first-order chi connectivity index (χ1) is 8.93. The summed E-state index contributed by atoms with van der Waals surface area (Å²) in [6, 6.07) is 7.25. The molecule has 0 fully saturated rings. The SMILES string of the molecule is CC(C)c1ccc(C(=O)CS(=O)CC(O)CO)cc1. The number of aliphatic hydroxyl groups excluding tert-OH is 2. The van der Waals surface area contributed by atoms with Crippen molar-refractivity contribution >= 4 is 16.6 Å². The molecule has 0 aliphatic heterocycles. The Morgan fingerprint density at radius 3 is 2.32 bits per heavy atom. The maximum atomic E-state index is 11.9. The van der Waals surface area contributed by atoms with Gasteiger partial charge in [-0.05, 0) is 11.5 Å². The lowest BCUT2D eigenvalue weighted by atomic mass is 10.0. The van der Waals surface area contributed by atoms with Crippen molar-refractivity contribution in [3.8, 4) is 0 Å². The fourth-order valence-electron chi connectivity index (χ4n) is 1.61. The second kappa shape index (κ2) is 7.53. The maximum absolute atomic E-state index is 11.9. The van der Waals surface area contributed by atoms with Gasteiger partial charge in [0.2, 0.25) is 0 Å². The van der Waals surface area contributed by atoms with E-state index in [1.165, 1.54) is 0 Å². The molecule has 2 atom stereocenters. The number of aliphatic hydroxyl groups is 2. The van der Waals surface area contributed by atoms with Gasteiger partial charge in [-0.25, -0.2) is 0 Å². The molecule has 1 aromatic rings. The van der Waals surface area contributed by atoms with E-state index >= 15 is 0 Å². The second-order valence-electron chi connectivity index (χ2n) is 4.79. The first-order valence-corrected chi connectivity index (χ1v) is 7.70. The Hall–Kier alpha value is -1.04. The number of ketones is 1. The van der Waals surface area contributed by atoms with Gasteiger partial charge >= 0.3 is 0 Å². The van der Waals surface area contributed by atoms with Gasteiger partial charge in [0.25, 0.3) is 0 Å². The van der Waals surface area contributed by atoms with E-state index in [0.29, 0.717) is 11.5 Å². The zero-order valence-electron chi connectivity index (χ0n) is 11.2. The number of carbonyl (C=O) groups excluding carboxylic acids is 1. The number of hydrogen-bond donors (Lipinski definition) is 2. The van der Waals surface area contributed by atoms with Crippen LogP contribution >= 0.6 is 0 Å². The van der Waals surface area contributed by atoms with Gasteiger partial charge in [-0.2, -0.15) is 0 Å². The van der Waals surface area contributed by atoms with Crippen molar-refractivity contribution < 1.29 is 19.2 Å². The molecule has 0 aromatic heterocycles. The maximum Gasteiger partial charge on any atom is 0.175 e. The average Bonchev–Trinajstić information content (AvgIpc) is 2.38. The van der Waals surface area contributed by atoms with Gasteiger partial charge in [0.15, 0.2) is 5.78 Å². The lowest BCUT2D eigenvalue weighted by Crippen LogP contribution is -2.24. The van der Waals surface area contributed by atoms with Gasteiger partial charge in [0, 0.05) is 16.4 Å². The Morgan fingerprint density at radius 1 is 1.26 bits per heavy atom. The molecule has 0 aliphatic carbocycles. The normalized spacial score (nSPS) is 14.4. The molecule has 0 radical (unpaired) electrons. The van der Waals surface area contributed by atoms with Crippen molar-refractivity contribution in [2.75, 3.05) is 18.1 Å². The Labute approximate surface area is 115 Å². The molecule has 2 N–H and O–H groups in total. The molecule has 1 rings (SSSR count). The highest BCUT2D eigenvalue weighted by Gasteiger charge is 2.14. The van der Waals surface area contributed by atoms with E-state index in [1.807, 2.05) is 12.1 Å². The van der Waals surface area contributed by atoms with Crippen LogP contribution < -0.4 is 0 Å². The zero-order chi connectivity index (χ0) is 14.4. The summed E-state index contributed by atoms with van der Waals surface area (Å²) in [5.74, 6) is -0.0125. The van der Waals surface area contributed by atoms with Gasteiger partial charge in [-0.15, -0.1) is 0 Å². The van der Waals surface area contributed by atoms with Crippen LogP contribution in [0.5, 0.6) is 0 Å². The molecule has 0 spiro atoms. The van der Waals surface area contributed by atoms with Gasteiger partial charge < -0.3 is 10.2 Å². The predicted molar refractivity (Wildman–Crippen MR) is 75.8 cm³/mol. The van der Waals surface area contributed by atoms with Crippen LogP contribution in [-0.4, -0.2) is 44.4 Å². The Balaban J connectivity index is 2.60. The minimum atomic E-state index is -1.45. The lowest BCUT2D eigenvalue weighted by Gasteiger charge is -2.08. The third-order valence-electron chi connectivity index (χ3n) is 2.78. The summed E-state index contributed by atoms with van der Waals surface area (Å²) < 4.78 is 11.6. The summed E-state index contributed by atoms with van der Waals surface area (Å²) >= 11 is 0. The number of hydrogen-bond acceptors (Lipinski definition) is 4. The second-order valence-corrected chi connectivity index (χ2v) is 6.29. The summed E-state index contributed by atoms with van der Waals surface area (Å²) in [4.78, 5) is 11.9. The van der Waals surface area contributed by atoms with E-state index in [0.717, 1.165) is 5.56 Å². The van der Waals surface area contributed by atoms with E-state index in [-0.39, 0.29) is 17.3 Å². The molecule has 106 valence electrons. The summed E-state index contributed by atoms with van der Waals surface area (Å²) in [5.41, 5.74) is 1.67. The van der Waals surface area contributed by atoms with Gasteiger partial charge in [0.1, 0.15) is 0 Å². The van der Waals surface area contributed by atoms with E-state index in [1.54, 1.807) is 12.1 Å². The molecule has 1 aromatic carbocycles. The number of rotatable bonds is 7. The molecule has 0 saturated carbocycles. The summed E-state index contributed by atoms with van der Waals surface area (Å²) in [6.45, 7) is 3.70. The molecule has 19 heavy (non-hydrogen) atoms. The van der Waals surface area contributed by atoms with Crippen molar-refractivity contribution in [2.24, 2.45) is 0 Å². The van der Waals surface area contributed by atoms with Crippen LogP contribution in [0, 0.1) is 0 Å². The standard InChI is InChI=1S/C14H20O4S/c1-10(2)11-3-5-12(6-4-11)14(17)9-19(18)8-13(16)7-15/h3-6,10,13,15-16H,7-9H2,1-2H3. The Morgan fingerprint density at radius 2 is 1.84 bits per heavy atom. The van der Waals surface area contributed by atoms with Crippen molar-refractivity contribution in [3.05, 3.63) is 35.4 Å². The van der Waals surface area contributed by atoms with Crippen molar-refractivity contribution in [2.45, 2.75) is 25.9 Å². The monoisotopic (exact) mass is 284 g/mol. The van der Waals surface area contributed by atoms with Crippen LogP contribution in [0.4, 0.5) is 0 Å². The van der Waals surface area contributed by atoms with Crippen LogP contribution in [-0.2, 0) is 10.8 Å². The molecule has 2 unspecified atom stereocenters. The summed E-state index contributed by atoms with van der Waals surface area (Å²) in [6.07, 6.45) is -1.03. The van der Waals surface area contributed by atoms with Gasteiger partial charge in [-0.1, -0.05) is 38.1 Å². The van der Waals surface area contributed by atoms with E-state index in [2.05, 4.69) is 13.8 Å².